The van der Waals surface area contributed by atoms with Crippen LogP contribution in [0, 0.1) is 0 Å². The maximum Gasteiger partial charge on any atom is 1.00 e. The quantitative estimate of drug-likeness (QED) is 0.0238. The van der Waals surface area contributed by atoms with Gasteiger partial charge in [-0.1, -0.05) is 47.1 Å². The number of carboxylic acids is 1. The van der Waals surface area contributed by atoms with E-state index in [-0.39, 0.29) is 50.4 Å². The van der Waals surface area contributed by atoms with Crippen molar-refractivity contribution in [2.24, 2.45) is 15.3 Å². The van der Waals surface area contributed by atoms with E-state index in [1.807, 2.05) is 0 Å². The van der Waals surface area contributed by atoms with Gasteiger partial charge in [0.1, 0.15) is 11.4 Å². The molecule has 14 nitrogen and oxygen atoms in total. The van der Waals surface area contributed by atoms with E-state index in [2.05, 4.69) is 35.4 Å². The van der Waals surface area contributed by atoms with Crippen LogP contribution >= 0.6 is 12.0 Å². The van der Waals surface area contributed by atoms with Crippen molar-refractivity contribution >= 4 is 51.0 Å². The average Bonchev–Trinajstić information content (AvgIpc) is 2.88. The van der Waals surface area contributed by atoms with Crippen molar-refractivity contribution in [2.75, 3.05) is 12.4 Å². The second-order valence-electron chi connectivity index (χ2n) is 6.86. The third kappa shape index (κ3) is 7.98. The molecule has 0 aliphatic heterocycles. The number of carboxylic acid groups (broad SMARTS) is 1. The van der Waals surface area contributed by atoms with Crippen LogP contribution in [0.15, 0.2) is 85.8 Å². The van der Waals surface area contributed by atoms with Crippen LogP contribution < -0.4 is 5.32 Å². The number of amidine groups is 1. The van der Waals surface area contributed by atoms with Gasteiger partial charge in [-0.25, -0.2) is 10.1 Å². The van der Waals surface area contributed by atoms with Gasteiger partial charge in [-0.3, -0.25) is 4.55 Å². The molecule has 38 heavy (non-hydrogen) atoms. The number of nitrogens with zero attached hydrogens (tertiary/aromatic N) is 4. The van der Waals surface area contributed by atoms with E-state index in [4.69, 9.17) is 5.26 Å². The number of azo groups is 1. The number of benzene rings is 3. The molecule has 204 valence electrons. The molecular weight excluding hydrogens is 594 g/mol. The third-order valence-electron chi connectivity index (χ3n) is 4.53. The molecule has 0 saturated carbocycles. The summed E-state index contributed by atoms with van der Waals surface area (Å²) in [5, 5.41) is 46.2. The molecule has 0 aliphatic carbocycles. The molecule has 0 aliphatic rings. The van der Waals surface area contributed by atoms with Gasteiger partial charge in [-0.15, -0.1) is 14.6 Å². The molecule has 5 N–H and O–H groups in total. The molecule has 0 aromatic heterocycles. The molecule has 3 rings (SSSR count). The van der Waals surface area contributed by atoms with Crippen molar-refractivity contribution in [2.45, 2.75) is 9.79 Å². The first-order valence-corrected chi connectivity index (χ1v) is 12.1. The molecule has 0 bridgehead atoms. The van der Waals surface area contributed by atoms with Gasteiger partial charge in [0.2, 0.25) is 0 Å². The molecule has 0 amide bonds. The number of nitrogens with one attached hydrogen (secondary N) is 1. The summed E-state index contributed by atoms with van der Waals surface area (Å²) in [7, 11) is -3.20. The fourth-order valence-electron chi connectivity index (χ4n) is 2.81. The normalized spacial score (nSPS) is 11.7. The average molecular weight is 612 g/mol. The maximum atomic E-state index is 11.7. The number of carbonyl (C=O) groups is 1. The first-order chi connectivity index (χ1) is 17.6. The smallest absolute Gasteiger partial charge is 0.571 e. The number of rotatable bonds is 10. The summed E-state index contributed by atoms with van der Waals surface area (Å²) < 4.78 is 36.9. The van der Waals surface area contributed by atoms with Crippen LogP contribution in [0.5, 0.6) is 5.75 Å². The van der Waals surface area contributed by atoms with Gasteiger partial charge in [-0.05, 0) is 24.3 Å². The van der Waals surface area contributed by atoms with E-state index < -0.39 is 26.7 Å². The number of hydrogen-bond donors (Lipinski definition) is 5. The minimum Gasteiger partial charge on any atom is -0.571 e. The summed E-state index contributed by atoms with van der Waals surface area (Å²) in [6.45, 7) is 0. The molecule has 0 spiro atoms. The Labute approximate surface area is 230 Å². The van der Waals surface area contributed by atoms with E-state index in [0.717, 1.165) is 12.1 Å². The zero-order valence-electron chi connectivity index (χ0n) is 19.0. The van der Waals surface area contributed by atoms with Crippen molar-refractivity contribution in [1.29, 1.82) is 0 Å². The minimum atomic E-state index is -4.62. The molecule has 0 unspecified atom stereocenters. The largest absolute Gasteiger partial charge is 1.00 e. The molecule has 0 radical (unpaired) electrons. The molecular formula is C21H18CuN5O9S2. The van der Waals surface area contributed by atoms with Crippen LogP contribution in [0.2, 0.25) is 0 Å². The van der Waals surface area contributed by atoms with E-state index in [0.29, 0.717) is 17.6 Å². The summed E-state index contributed by atoms with van der Waals surface area (Å²) in [5.74, 6) is -1.89. The van der Waals surface area contributed by atoms with Crippen molar-refractivity contribution in [1.82, 2.24) is 0 Å². The van der Waals surface area contributed by atoms with E-state index >= 15 is 0 Å². The Balaban J connectivity index is 0.00000507. The fourth-order valence-corrected chi connectivity index (χ4v) is 3.74. The first kappa shape index (κ1) is 30.7. The molecule has 0 atom stereocenters. The van der Waals surface area contributed by atoms with Gasteiger partial charge in [0.05, 0.1) is 28.2 Å². The van der Waals surface area contributed by atoms with Crippen molar-refractivity contribution in [3.63, 3.8) is 0 Å². The Morgan fingerprint density at radius 2 is 1.82 bits per heavy atom. The number of aromatic hydroxyl groups is 1. The van der Waals surface area contributed by atoms with Gasteiger partial charge in [0.25, 0.3) is 10.1 Å². The van der Waals surface area contributed by atoms with Crippen molar-refractivity contribution < 1.29 is 59.7 Å². The van der Waals surface area contributed by atoms with Gasteiger partial charge in [0.15, 0.2) is 5.84 Å². The summed E-state index contributed by atoms with van der Waals surface area (Å²) in [6.07, 6.45) is 0. The zero-order chi connectivity index (χ0) is 27.0. The minimum absolute atomic E-state index is 0. The summed E-state index contributed by atoms with van der Waals surface area (Å²) in [4.78, 5) is 11.4. The van der Waals surface area contributed by atoms with Crippen LogP contribution in [0.4, 0.5) is 17.1 Å². The number of hydrogen-bond acceptors (Lipinski definition) is 11. The van der Waals surface area contributed by atoms with Crippen LogP contribution in [-0.2, 0) is 36.6 Å². The number of anilines is 1. The number of phenols is 1. The predicted octanol–water partition coefficient (Wildman–Crippen LogP) is 4.96. The van der Waals surface area contributed by atoms with Crippen molar-refractivity contribution in [3.8, 4) is 5.75 Å². The second kappa shape index (κ2) is 13.8. The summed E-state index contributed by atoms with van der Waals surface area (Å²) >= 11 is 0.559. The summed E-state index contributed by atoms with van der Waals surface area (Å²) in [5.41, 5.74) is 3.64. The Morgan fingerprint density at radius 1 is 1.11 bits per heavy atom. The van der Waals surface area contributed by atoms with Gasteiger partial charge in [0, 0.05) is 17.5 Å². The van der Waals surface area contributed by atoms with E-state index in [1.165, 1.54) is 25.2 Å². The Kier molecular flexibility index (Phi) is 11.2. The topological polar surface area (TPSA) is 214 Å². The summed E-state index contributed by atoms with van der Waals surface area (Å²) in [6, 6.07) is 14.2. The SMILES string of the molecule is CNc1cc(S(=O)(=O)O)cc([N-]/N=C(\N=Nc2ccc(SOOO)cc2C(=O)O)c2ccccc2)c1O.[Cu+]. The first-order valence-electron chi connectivity index (χ1n) is 9.94. The molecule has 3 aromatic rings. The van der Waals surface area contributed by atoms with Gasteiger partial charge < -0.3 is 26.1 Å². The molecule has 0 saturated heterocycles. The van der Waals surface area contributed by atoms with Crippen LogP contribution in [0.25, 0.3) is 5.43 Å². The van der Waals surface area contributed by atoms with E-state index in [1.54, 1.807) is 30.3 Å². The second-order valence-corrected chi connectivity index (χ2v) is 9.06. The van der Waals surface area contributed by atoms with E-state index in [9.17, 15) is 28.0 Å². The third-order valence-corrected chi connectivity index (χ3v) is 5.93. The maximum absolute atomic E-state index is 11.7. The molecule has 3 aromatic carbocycles. The van der Waals surface area contributed by atoms with Crippen LogP contribution in [0.3, 0.4) is 0 Å². The Bertz CT molecular complexity index is 1450. The van der Waals surface area contributed by atoms with Crippen LogP contribution in [0.1, 0.15) is 15.9 Å². The van der Waals surface area contributed by atoms with Gasteiger partial charge in [-0.2, -0.15) is 8.42 Å². The monoisotopic (exact) mass is 611 g/mol. The Hall–Kier alpha value is -3.54. The fraction of sp³-hybridized carbons (Fsp3) is 0.0476. The standard InChI is InChI=1S/C21H19N5O9S2.Cu/c1-22-17-10-14(37(31,32)33)11-18(19(17)27)24-26-20(12-5-3-2-4-6-12)25-23-16-8-7-13(36-35-34-30)9-15(16)21(28)29;/h2-11H,1H3,(H6,22,23,24,25,26,27,28,29,30,31,32,33);/q;+1/p-1. The number of aromatic carboxylic acids is 1. The Morgan fingerprint density at radius 3 is 2.42 bits per heavy atom. The predicted molar refractivity (Wildman–Crippen MR) is 132 cm³/mol. The van der Waals surface area contributed by atoms with Gasteiger partial charge >= 0.3 is 23.0 Å². The zero-order valence-corrected chi connectivity index (χ0v) is 21.6. The molecule has 17 heteroatoms. The number of phenolic OH excluding ortho intramolecular Hbond substituents is 1. The molecule has 0 heterocycles. The van der Waals surface area contributed by atoms with Crippen molar-refractivity contribution in [3.05, 3.63) is 77.2 Å². The van der Waals surface area contributed by atoms with Crippen LogP contribution in [-0.4, -0.2) is 47.3 Å². The molecule has 0 fully saturated rings.